The third-order valence-electron chi connectivity index (χ3n) is 2.87. The molecule has 2 aromatic rings. The van der Waals surface area contributed by atoms with E-state index >= 15 is 0 Å². The summed E-state index contributed by atoms with van der Waals surface area (Å²) in [7, 11) is 1.37. The van der Waals surface area contributed by atoms with Gasteiger partial charge >= 0.3 is 5.97 Å². The van der Waals surface area contributed by atoms with Crippen LogP contribution in [-0.2, 0) is 16.1 Å². The van der Waals surface area contributed by atoms with Gasteiger partial charge in [-0.1, -0.05) is 42.5 Å². The molecule has 0 aliphatic rings. The number of ether oxygens (including phenoxy) is 2. The molecule has 0 aliphatic heterocycles. The van der Waals surface area contributed by atoms with E-state index in [4.69, 9.17) is 14.6 Å². The second-order valence-electron chi connectivity index (χ2n) is 4.30. The van der Waals surface area contributed by atoms with Crippen LogP contribution >= 0.6 is 0 Å². The number of rotatable bonds is 6. The molecule has 4 heteroatoms. The fourth-order valence-electron chi connectivity index (χ4n) is 1.89. The number of carboxylic acid groups (broad SMARTS) is 1. The summed E-state index contributed by atoms with van der Waals surface area (Å²) in [4.78, 5) is 11.1. The van der Waals surface area contributed by atoms with Crippen molar-refractivity contribution in [1.82, 2.24) is 0 Å². The van der Waals surface area contributed by atoms with E-state index < -0.39 is 12.1 Å². The Labute approximate surface area is 117 Å². The molecule has 0 unspecified atom stereocenters. The summed E-state index contributed by atoms with van der Waals surface area (Å²) in [5, 5.41) is 9.06. The normalized spacial score (nSPS) is 11.8. The predicted octanol–water partition coefficient (Wildman–Crippen LogP) is 3.04. The summed E-state index contributed by atoms with van der Waals surface area (Å²) in [6, 6.07) is 16.7. The maximum absolute atomic E-state index is 11.1. The minimum absolute atomic E-state index is 0.439. The first-order valence-electron chi connectivity index (χ1n) is 6.23. The number of methoxy groups -OCH3 is 1. The average Bonchev–Trinajstić information content (AvgIpc) is 2.47. The van der Waals surface area contributed by atoms with Gasteiger partial charge in [-0.15, -0.1) is 0 Å². The van der Waals surface area contributed by atoms with Crippen LogP contribution in [0.4, 0.5) is 0 Å². The molecular formula is C16H16O4. The summed E-state index contributed by atoms with van der Waals surface area (Å²) < 4.78 is 10.6. The van der Waals surface area contributed by atoms with Crippen LogP contribution in [0.5, 0.6) is 5.75 Å². The van der Waals surface area contributed by atoms with E-state index in [1.165, 1.54) is 7.11 Å². The van der Waals surface area contributed by atoms with Gasteiger partial charge in [0.2, 0.25) is 0 Å². The van der Waals surface area contributed by atoms with Gasteiger partial charge in [0.25, 0.3) is 0 Å². The molecule has 2 rings (SSSR count). The summed E-state index contributed by atoms with van der Waals surface area (Å²) in [5.41, 5.74) is 1.62. The van der Waals surface area contributed by atoms with Gasteiger partial charge in [0.1, 0.15) is 12.4 Å². The lowest BCUT2D eigenvalue weighted by Gasteiger charge is -2.12. The van der Waals surface area contributed by atoms with Crippen LogP contribution < -0.4 is 4.74 Å². The van der Waals surface area contributed by atoms with Crippen molar-refractivity contribution in [2.45, 2.75) is 12.7 Å². The van der Waals surface area contributed by atoms with Crippen molar-refractivity contribution < 1.29 is 19.4 Å². The molecule has 0 saturated heterocycles. The van der Waals surface area contributed by atoms with Crippen molar-refractivity contribution in [3.63, 3.8) is 0 Å². The Morgan fingerprint density at radius 1 is 1.15 bits per heavy atom. The molecule has 4 nitrogen and oxygen atoms in total. The SMILES string of the molecule is CO[C@@H](C(=O)O)c1cccc(OCc2ccccc2)c1. The van der Waals surface area contributed by atoms with E-state index in [1.807, 2.05) is 30.3 Å². The lowest BCUT2D eigenvalue weighted by Crippen LogP contribution is -2.13. The molecule has 0 amide bonds. The van der Waals surface area contributed by atoms with Gasteiger partial charge in [-0.05, 0) is 23.3 Å². The monoisotopic (exact) mass is 272 g/mol. The fraction of sp³-hybridized carbons (Fsp3) is 0.188. The Bertz CT molecular complexity index is 566. The molecule has 0 aromatic heterocycles. The van der Waals surface area contributed by atoms with Gasteiger partial charge in [-0.2, -0.15) is 0 Å². The second kappa shape index (κ2) is 6.73. The number of aliphatic carboxylic acids is 1. The van der Waals surface area contributed by atoms with Gasteiger partial charge in [0, 0.05) is 7.11 Å². The van der Waals surface area contributed by atoms with Crippen LogP contribution in [0.25, 0.3) is 0 Å². The van der Waals surface area contributed by atoms with Crippen molar-refractivity contribution in [3.05, 3.63) is 65.7 Å². The molecular weight excluding hydrogens is 256 g/mol. The molecule has 0 saturated carbocycles. The van der Waals surface area contributed by atoms with E-state index in [2.05, 4.69) is 0 Å². The highest BCUT2D eigenvalue weighted by atomic mass is 16.5. The number of hydrogen-bond acceptors (Lipinski definition) is 3. The summed E-state index contributed by atoms with van der Waals surface area (Å²) >= 11 is 0. The zero-order valence-electron chi connectivity index (χ0n) is 11.2. The Kier molecular flexibility index (Phi) is 4.74. The van der Waals surface area contributed by atoms with E-state index in [0.29, 0.717) is 17.9 Å². The number of benzene rings is 2. The first kappa shape index (κ1) is 14.1. The Morgan fingerprint density at radius 2 is 1.90 bits per heavy atom. The van der Waals surface area contributed by atoms with E-state index in [-0.39, 0.29) is 0 Å². The van der Waals surface area contributed by atoms with E-state index in [1.54, 1.807) is 24.3 Å². The minimum atomic E-state index is -1.02. The first-order chi connectivity index (χ1) is 9.70. The van der Waals surface area contributed by atoms with Gasteiger partial charge in [-0.3, -0.25) is 0 Å². The molecule has 0 heterocycles. The van der Waals surface area contributed by atoms with Crippen molar-refractivity contribution in [1.29, 1.82) is 0 Å². The van der Waals surface area contributed by atoms with Crippen LogP contribution in [0.3, 0.4) is 0 Å². The Balaban J connectivity index is 2.08. The molecule has 0 fully saturated rings. The van der Waals surface area contributed by atoms with Crippen molar-refractivity contribution >= 4 is 5.97 Å². The van der Waals surface area contributed by atoms with Gasteiger partial charge in [0.05, 0.1) is 0 Å². The number of carbonyl (C=O) groups is 1. The van der Waals surface area contributed by atoms with Crippen LogP contribution in [0, 0.1) is 0 Å². The predicted molar refractivity (Wildman–Crippen MR) is 74.6 cm³/mol. The third-order valence-corrected chi connectivity index (χ3v) is 2.87. The van der Waals surface area contributed by atoms with Crippen molar-refractivity contribution in [2.24, 2.45) is 0 Å². The molecule has 1 N–H and O–H groups in total. The first-order valence-corrected chi connectivity index (χ1v) is 6.23. The average molecular weight is 272 g/mol. The topological polar surface area (TPSA) is 55.8 Å². The minimum Gasteiger partial charge on any atom is -0.489 e. The lowest BCUT2D eigenvalue weighted by atomic mass is 10.1. The summed E-state index contributed by atoms with van der Waals surface area (Å²) in [6.07, 6.45) is -0.977. The van der Waals surface area contributed by atoms with Crippen LogP contribution in [0.2, 0.25) is 0 Å². The standard InChI is InChI=1S/C16H16O4/c1-19-15(16(17)18)13-8-5-9-14(10-13)20-11-12-6-3-2-4-7-12/h2-10,15H,11H2,1H3,(H,17,18)/t15-/m1/s1. The van der Waals surface area contributed by atoms with Crippen LogP contribution in [-0.4, -0.2) is 18.2 Å². The van der Waals surface area contributed by atoms with Gasteiger partial charge in [0.15, 0.2) is 6.10 Å². The molecule has 0 radical (unpaired) electrons. The zero-order chi connectivity index (χ0) is 14.4. The Hall–Kier alpha value is -2.33. The van der Waals surface area contributed by atoms with E-state index in [0.717, 1.165) is 5.56 Å². The second-order valence-corrected chi connectivity index (χ2v) is 4.30. The highest BCUT2D eigenvalue weighted by Crippen LogP contribution is 2.22. The summed E-state index contributed by atoms with van der Waals surface area (Å²) in [6.45, 7) is 0.439. The fourth-order valence-corrected chi connectivity index (χ4v) is 1.89. The molecule has 20 heavy (non-hydrogen) atoms. The van der Waals surface area contributed by atoms with Crippen molar-refractivity contribution in [2.75, 3.05) is 7.11 Å². The molecule has 104 valence electrons. The lowest BCUT2D eigenvalue weighted by molar-refractivity contribution is -0.148. The maximum Gasteiger partial charge on any atom is 0.337 e. The summed E-state index contributed by atoms with van der Waals surface area (Å²) in [5.74, 6) is -0.401. The number of hydrogen-bond donors (Lipinski definition) is 1. The van der Waals surface area contributed by atoms with E-state index in [9.17, 15) is 4.79 Å². The highest BCUT2D eigenvalue weighted by Gasteiger charge is 2.19. The highest BCUT2D eigenvalue weighted by molar-refractivity contribution is 5.74. The van der Waals surface area contributed by atoms with Gasteiger partial charge in [-0.25, -0.2) is 4.79 Å². The van der Waals surface area contributed by atoms with Gasteiger partial charge < -0.3 is 14.6 Å². The molecule has 0 bridgehead atoms. The largest absolute Gasteiger partial charge is 0.489 e. The molecule has 0 aliphatic carbocycles. The quantitative estimate of drug-likeness (QED) is 0.878. The smallest absolute Gasteiger partial charge is 0.337 e. The molecule has 2 aromatic carbocycles. The molecule has 0 spiro atoms. The number of carboxylic acids is 1. The third kappa shape index (κ3) is 3.59. The zero-order valence-corrected chi connectivity index (χ0v) is 11.2. The maximum atomic E-state index is 11.1. The van der Waals surface area contributed by atoms with Crippen molar-refractivity contribution in [3.8, 4) is 5.75 Å². The van der Waals surface area contributed by atoms with Crippen LogP contribution in [0.1, 0.15) is 17.2 Å². The Morgan fingerprint density at radius 3 is 2.55 bits per heavy atom. The molecule has 1 atom stereocenters. The van der Waals surface area contributed by atoms with Crippen LogP contribution in [0.15, 0.2) is 54.6 Å².